The van der Waals surface area contributed by atoms with Crippen LogP contribution in [0.2, 0.25) is 0 Å². The van der Waals surface area contributed by atoms with Gasteiger partial charge >= 0.3 is 0 Å². The lowest BCUT2D eigenvalue weighted by Crippen LogP contribution is -2.46. The first-order valence-electron chi connectivity index (χ1n) is 6.25. The topological polar surface area (TPSA) is 65.2 Å². The normalized spacial score (nSPS) is 16.7. The molecule has 100 valence electrons. The number of amides is 1. The summed E-state index contributed by atoms with van der Waals surface area (Å²) >= 11 is 0. The summed E-state index contributed by atoms with van der Waals surface area (Å²) in [5.41, 5.74) is 0.527. The average Bonchev–Trinajstić information content (AvgIpc) is 2.87. The first-order valence-corrected chi connectivity index (χ1v) is 6.25. The molecule has 0 aromatic carbocycles. The largest absolute Gasteiger partial charge is 0.337 e. The van der Waals surface area contributed by atoms with E-state index >= 15 is 0 Å². The van der Waals surface area contributed by atoms with E-state index in [0.717, 1.165) is 26.2 Å². The zero-order valence-electron chi connectivity index (χ0n) is 11.0. The average molecular weight is 259 g/mol. The third kappa shape index (κ3) is 3.66. The van der Waals surface area contributed by atoms with Crippen molar-refractivity contribution in [2.75, 3.05) is 33.2 Å². The molecule has 0 aliphatic carbocycles. The second kappa shape index (κ2) is 6.16. The molecule has 0 radical (unpaired) electrons. The van der Waals surface area contributed by atoms with Gasteiger partial charge in [0, 0.05) is 38.5 Å². The van der Waals surface area contributed by atoms with Crippen molar-refractivity contribution in [2.24, 2.45) is 0 Å². The first-order chi connectivity index (χ1) is 9.19. The van der Waals surface area contributed by atoms with Gasteiger partial charge in [0.05, 0.1) is 18.3 Å². The van der Waals surface area contributed by atoms with Crippen molar-refractivity contribution in [1.29, 1.82) is 5.26 Å². The lowest BCUT2D eigenvalue weighted by Gasteiger charge is -2.31. The molecule has 0 saturated carbocycles. The summed E-state index contributed by atoms with van der Waals surface area (Å²) in [4.78, 5) is 16.0. The molecule has 1 aromatic rings. The Balaban J connectivity index is 1.82. The summed E-state index contributed by atoms with van der Waals surface area (Å²) in [6.07, 6.45) is 6.52. The molecule has 1 amide bonds. The van der Waals surface area contributed by atoms with E-state index in [9.17, 15) is 4.79 Å². The zero-order chi connectivity index (χ0) is 13.7. The van der Waals surface area contributed by atoms with E-state index in [1.165, 1.54) is 6.20 Å². The SMILES string of the molecule is CN1CCN(C(=O)/C=C/Cn2cc(C#N)cn2)CC1. The molecule has 19 heavy (non-hydrogen) atoms. The number of nitrogens with zero attached hydrogens (tertiary/aromatic N) is 5. The lowest BCUT2D eigenvalue weighted by atomic mass is 10.3. The van der Waals surface area contributed by atoms with E-state index in [0.29, 0.717) is 12.1 Å². The van der Waals surface area contributed by atoms with Gasteiger partial charge < -0.3 is 9.80 Å². The van der Waals surface area contributed by atoms with Crippen LogP contribution in [0.3, 0.4) is 0 Å². The standard InChI is InChI=1S/C13H17N5O/c1-16-5-7-17(8-6-16)13(19)3-2-4-18-11-12(9-14)10-15-18/h2-3,10-11H,4-8H2,1H3/b3-2+. The highest BCUT2D eigenvalue weighted by molar-refractivity contribution is 5.87. The molecule has 0 spiro atoms. The maximum atomic E-state index is 11.9. The maximum absolute atomic E-state index is 11.9. The fourth-order valence-electron chi connectivity index (χ4n) is 1.91. The number of nitriles is 1. The number of aromatic nitrogens is 2. The number of allylic oxidation sites excluding steroid dienone is 1. The van der Waals surface area contributed by atoms with Crippen molar-refractivity contribution < 1.29 is 4.79 Å². The maximum Gasteiger partial charge on any atom is 0.246 e. The summed E-state index contributed by atoms with van der Waals surface area (Å²) in [5, 5.41) is 12.7. The minimum absolute atomic E-state index is 0.0424. The van der Waals surface area contributed by atoms with Crippen LogP contribution in [0.4, 0.5) is 0 Å². The number of likely N-dealkylation sites (N-methyl/N-ethyl adjacent to an activating group) is 1. The van der Waals surface area contributed by atoms with Crippen LogP contribution >= 0.6 is 0 Å². The number of carbonyl (C=O) groups is 1. The second-order valence-corrected chi connectivity index (χ2v) is 4.59. The van der Waals surface area contributed by atoms with Crippen LogP contribution in [0.25, 0.3) is 0 Å². The van der Waals surface area contributed by atoms with Gasteiger partial charge in [-0.1, -0.05) is 6.08 Å². The van der Waals surface area contributed by atoms with Crippen LogP contribution in [0.15, 0.2) is 24.5 Å². The van der Waals surface area contributed by atoms with Gasteiger partial charge in [0.25, 0.3) is 0 Å². The number of carbonyl (C=O) groups excluding carboxylic acids is 1. The van der Waals surface area contributed by atoms with Crippen molar-refractivity contribution in [3.05, 3.63) is 30.1 Å². The molecule has 2 rings (SSSR count). The minimum Gasteiger partial charge on any atom is -0.337 e. The van der Waals surface area contributed by atoms with Gasteiger partial charge in [0.1, 0.15) is 6.07 Å². The predicted molar refractivity (Wildman–Crippen MR) is 70.2 cm³/mol. The Morgan fingerprint density at radius 1 is 1.47 bits per heavy atom. The van der Waals surface area contributed by atoms with Crippen molar-refractivity contribution >= 4 is 5.91 Å². The van der Waals surface area contributed by atoms with Crippen LogP contribution in [0, 0.1) is 11.3 Å². The molecule has 6 heteroatoms. The van der Waals surface area contributed by atoms with Crippen molar-refractivity contribution in [1.82, 2.24) is 19.6 Å². The van der Waals surface area contributed by atoms with E-state index in [1.807, 2.05) is 11.0 Å². The van der Waals surface area contributed by atoms with E-state index < -0.39 is 0 Å². The second-order valence-electron chi connectivity index (χ2n) is 4.59. The number of rotatable bonds is 3. The Morgan fingerprint density at radius 2 is 2.21 bits per heavy atom. The van der Waals surface area contributed by atoms with E-state index in [1.54, 1.807) is 23.0 Å². The highest BCUT2D eigenvalue weighted by Gasteiger charge is 2.16. The summed E-state index contributed by atoms with van der Waals surface area (Å²) < 4.78 is 1.63. The molecule has 0 N–H and O–H groups in total. The van der Waals surface area contributed by atoms with Crippen molar-refractivity contribution in [3.63, 3.8) is 0 Å². The lowest BCUT2D eigenvalue weighted by molar-refractivity contribution is -0.127. The number of piperazine rings is 1. The van der Waals surface area contributed by atoms with Crippen LogP contribution in [0.1, 0.15) is 5.56 Å². The number of hydrogen-bond donors (Lipinski definition) is 0. The Kier molecular flexibility index (Phi) is 4.31. The zero-order valence-corrected chi connectivity index (χ0v) is 11.0. The van der Waals surface area contributed by atoms with Gasteiger partial charge in [-0.15, -0.1) is 0 Å². The Morgan fingerprint density at radius 3 is 2.84 bits per heavy atom. The highest BCUT2D eigenvalue weighted by Crippen LogP contribution is 2.01. The molecular weight excluding hydrogens is 242 g/mol. The van der Waals surface area contributed by atoms with Gasteiger partial charge in [-0.05, 0) is 7.05 Å². The number of hydrogen-bond acceptors (Lipinski definition) is 4. The molecular formula is C13H17N5O. The van der Waals surface area contributed by atoms with Crippen LogP contribution in [-0.4, -0.2) is 58.7 Å². The quantitative estimate of drug-likeness (QED) is 0.721. The van der Waals surface area contributed by atoms with Gasteiger partial charge in [-0.2, -0.15) is 10.4 Å². The van der Waals surface area contributed by atoms with E-state index in [-0.39, 0.29) is 5.91 Å². The fourth-order valence-corrected chi connectivity index (χ4v) is 1.91. The van der Waals surface area contributed by atoms with E-state index in [2.05, 4.69) is 17.0 Å². The van der Waals surface area contributed by atoms with E-state index in [4.69, 9.17) is 5.26 Å². The molecule has 6 nitrogen and oxygen atoms in total. The van der Waals surface area contributed by atoms with Gasteiger partial charge in [-0.25, -0.2) is 0 Å². The summed E-state index contributed by atoms with van der Waals surface area (Å²) in [5.74, 6) is 0.0424. The third-order valence-electron chi connectivity index (χ3n) is 3.13. The summed E-state index contributed by atoms with van der Waals surface area (Å²) in [6, 6.07) is 2.02. The van der Waals surface area contributed by atoms with Gasteiger partial charge in [-0.3, -0.25) is 9.48 Å². The predicted octanol–water partition coefficient (Wildman–Crippen LogP) is 0.0850. The molecule has 0 atom stereocenters. The van der Waals surface area contributed by atoms with Gasteiger partial charge in [0.2, 0.25) is 5.91 Å². The molecule has 1 fully saturated rings. The summed E-state index contributed by atoms with van der Waals surface area (Å²) in [7, 11) is 2.06. The molecule has 1 aliphatic rings. The molecule has 0 bridgehead atoms. The van der Waals surface area contributed by atoms with Crippen molar-refractivity contribution in [2.45, 2.75) is 6.54 Å². The smallest absolute Gasteiger partial charge is 0.246 e. The van der Waals surface area contributed by atoms with Crippen LogP contribution in [-0.2, 0) is 11.3 Å². The molecule has 2 heterocycles. The van der Waals surface area contributed by atoms with Crippen molar-refractivity contribution in [3.8, 4) is 6.07 Å². The van der Waals surface area contributed by atoms with Gasteiger partial charge in [0.15, 0.2) is 0 Å². The molecule has 0 unspecified atom stereocenters. The van der Waals surface area contributed by atoms with Crippen LogP contribution < -0.4 is 0 Å². The minimum atomic E-state index is 0.0424. The highest BCUT2D eigenvalue weighted by atomic mass is 16.2. The first kappa shape index (κ1) is 13.3. The molecule has 1 aliphatic heterocycles. The summed E-state index contributed by atoms with van der Waals surface area (Å²) in [6.45, 7) is 3.90. The third-order valence-corrected chi connectivity index (χ3v) is 3.13. The Hall–Kier alpha value is -2.13. The fraction of sp³-hybridized carbons (Fsp3) is 0.462. The molecule has 1 aromatic heterocycles. The monoisotopic (exact) mass is 259 g/mol. The Labute approximate surface area is 112 Å². The Bertz CT molecular complexity index is 505. The molecule has 1 saturated heterocycles. The van der Waals surface area contributed by atoms with Crippen LogP contribution in [0.5, 0.6) is 0 Å².